The summed E-state index contributed by atoms with van der Waals surface area (Å²) in [4.78, 5) is 5.25. The first-order chi connectivity index (χ1) is 14.1. The average molecular weight is 429 g/mol. The number of nitrogens with zero attached hydrogens (tertiary/aromatic N) is 4. The predicted octanol–water partition coefficient (Wildman–Crippen LogP) is 3.27. The number of thiophene rings is 1. The van der Waals surface area contributed by atoms with E-state index in [0.717, 1.165) is 30.2 Å². The van der Waals surface area contributed by atoms with Crippen molar-refractivity contribution in [1.29, 1.82) is 0 Å². The lowest BCUT2D eigenvalue weighted by atomic mass is 10.1. The Morgan fingerprint density at radius 3 is 2.66 bits per heavy atom. The normalized spacial score (nSPS) is 15.6. The molecule has 1 aliphatic heterocycles. The first kappa shape index (κ1) is 20.3. The van der Waals surface area contributed by atoms with Crippen molar-refractivity contribution in [3.63, 3.8) is 0 Å². The zero-order valence-electron chi connectivity index (χ0n) is 17.3. The van der Waals surface area contributed by atoms with Crippen molar-refractivity contribution < 1.29 is 4.90 Å². The van der Waals surface area contributed by atoms with E-state index in [1.54, 1.807) is 11.3 Å². The van der Waals surface area contributed by atoms with E-state index >= 15 is 0 Å². The van der Waals surface area contributed by atoms with Gasteiger partial charge >= 0.3 is 0 Å². The molecule has 1 unspecified atom stereocenters. The minimum atomic E-state index is 0.769. The van der Waals surface area contributed by atoms with Crippen molar-refractivity contribution in [2.45, 2.75) is 38.9 Å². The maximum absolute atomic E-state index is 5.67. The highest BCUT2D eigenvalue weighted by molar-refractivity contribution is 7.71. The van der Waals surface area contributed by atoms with Gasteiger partial charge in [0.15, 0.2) is 6.67 Å². The van der Waals surface area contributed by atoms with Crippen LogP contribution >= 0.6 is 23.6 Å². The highest BCUT2D eigenvalue weighted by atomic mass is 32.1. The molecule has 3 heterocycles. The van der Waals surface area contributed by atoms with E-state index in [0.29, 0.717) is 0 Å². The topological polar surface area (TPSA) is 30.4 Å². The highest BCUT2D eigenvalue weighted by Gasteiger charge is 2.17. The molecule has 1 aromatic carbocycles. The van der Waals surface area contributed by atoms with E-state index in [1.165, 1.54) is 53.4 Å². The van der Waals surface area contributed by atoms with Crippen LogP contribution in [0.2, 0.25) is 0 Å². The van der Waals surface area contributed by atoms with Gasteiger partial charge in [-0.1, -0.05) is 24.3 Å². The number of benzene rings is 1. The first-order valence-corrected chi connectivity index (χ1v) is 11.7. The second kappa shape index (κ2) is 9.24. The van der Waals surface area contributed by atoms with Crippen LogP contribution < -0.4 is 9.80 Å². The Labute approximate surface area is 182 Å². The van der Waals surface area contributed by atoms with Crippen LogP contribution in [0.25, 0.3) is 0 Å². The molecule has 3 aromatic rings. The van der Waals surface area contributed by atoms with Gasteiger partial charge in [-0.15, -0.1) is 11.3 Å². The summed E-state index contributed by atoms with van der Waals surface area (Å²) in [6.45, 7) is 4.08. The summed E-state index contributed by atoms with van der Waals surface area (Å²) in [5.41, 5.74) is 2.81. The van der Waals surface area contributed by atoms with Crippen molar-refractivity contribution in [3.05, 3.63) is 62.8 Å². The van der Waals surface area contributed by atoms with Gasteiger partial charge in [-0.3, -0.25) is 0 Å². The third-order valence-corrected chi connectivity index (χ3v) is 7.00. The van der Waals surface area contributed by atoms with Gasteiger partial charge < -0.3 is 14.4 Å². The lowest BCUT2D eigenvalue weighted by molar-refractivity contribution is -0.917. The molecule has 29 heavy (non-hydrogen) atoms. The first-order valence-electron chi connectivity index (χ1n) is 10.4. The largest absolute Gasteiger partial charge is 0.371 e. The molecule has 1 atom stereocenters. The highest BCUT2D eigenvalue weighted by Crippen LogP contribution is 2.23. The Morgan fingerprint density at radius 2 is 1.90 bits per heavy atom. The lowest BCUT2D eigenvalue weighted by Gasteiger charge is -2.31. The summed E-state index contributed by atoms with van der Waals surface area (Å²) in [6, 6.07) is 13.1. The van der Waals surface area contributed by atoms with Crippen molar-refractivity contribution in [2.75, 3.05) is 25.0 Å². The molecule has 5 nitrogen and oxygen atoms in total. The Bertz CT molecular complexity index is 983. The number of nitrogens with one attached hydrogen (secondary N) is 1. The number of piperidine rings is 1. The number of anilines is 1. The van der Waals surface area contributed by atoms with Crippen LogP contribution in [0.5, 0.6) is 0 Å². The van der Waals surface area contributed by atoms with Crippen LogP contribution in [0.15, 0.2) is 41.8 Å². The van der Waals surface area contributed by atoms with Gasteiger partial charge in [0.25, 0.3) is 0 Å². The Kier molecular flexibility index (Phi) is 6.47. The molecule has 0 aliphatic carbocycles. The smallest absolute Gasteiger partial charge is 0.202 e. The van der Waals surface area contributed by atoms with E-state index in [2.05, 4.69) is 53.7 Å². The second-order valence-electron chi connectivity index (χ2n) is 7.98. The summed E-state index contributed by atoms with van der Waals surface area (Å²) in [6.07, 6.45) is 4.79. The summed E-state index contributed by atoms with van der Waals surface area (Å²) in [7, 11) is 4.25. The molecule has 1 N–H and O–H groups in total. The standard InChI is InChI=1S/C22H29N5S2/c1-24(16-18-9-4-5-11-20(18)26-12-6-3-7-13-26)17-27-22(28)25(2)21(23-27)15-19-10-8-14-29-19/h4-5,8-11,14H,3,6-7,12-13,15-17H2,1-2H3/p+1. The second-order valence-corrected chi connectivity index (χ2v) is 9.38. The lowest BCUT2D eigenvalue weighted by Crippen LogP contribution is -3.07. The molecule has 7 heteroatoms. The SMILES string of the molecule is Cn1c(Cc2cccs2)nn(C[NH+](C)Cc2ccccc2N2CCCCC2)c1=S. The third-order valence-electron chi connectivity index (χ3n) is 5.64. The average Bonchev–Trinajstić information content (AvgIpc) is 3.34. The quantitative estimate of drug-likeness (QED) is 0.586. The minimum Gasteiger partial charge on any atom is -0.371 e. The van der Waals surface area contributed by atoms with Gasteiger partial charge in [0.1, 0.15) is 12.4 Å². The van der Waals surface area contributed by atoms with Gasteiger partial charge in [-0.25, -0.2) is 0 Å². The molecular formula is C22H30N5S2+. The molecule has 4 rings (SSSR count). The van der Waals surface area contributed by atoms with Gasteiger partial charge in [0.05, 0.1) is 7.05 Å². The molecule has 1 aliphatic rings. The van der Waals surface area contributed by atoms with Gasteiger partial charge in [0.2, 0.25) is 4.77 Å². The fraction of sp³-hybridized carbons (Fsp3) is 0.455. The molecule has 0 radical (unpaired) electrons. The number of rotatable bonds is 7. The molecule has 1 saturated heterocycles. The Hall–Kier alpha value is -1.96. The van der Waals surface area contributed by atoms with E-state index in [1.807, 2.05) is 16.3 Å². The minimum absolute atomic E-state index is 0.769. The van der Waals surface area contributed by atoms with Crippen molar-refractivity contribution >= 4 is 29.2 Å². The molecule has 0 saturated carbocycles. The van der Waals surface area contributed by atoms with Gasteiger partial charge in [0, 0.05) is 42.7 Å². The summed E-state index contributed by atoms with van der Waals surface area (Å²) in [5.74, 6) is 1.03. The molecule has 2 aromatic heterocycles. The third kappa shape index (κ3) is 4.79. The molecule has 0 amide bonds. The maximum Gasteiger partial charge on any atom is 0.202 e. The Morgan fingerprint density at radius 1 is 1.10 bits per heavy atom. The van der Waals surface area contributed by atoms with E-state index in [4.69, 9.17) is 17.3 Å². The molecule has 1 fully saturated rings. The fourth-order valence-corrected chi connectivity index (χ4v) is 5.01. The van der Waals surface area contributed by atoms with E-state index < -0.39 is 0 Å². The molecule has 154 valence electrons. The van der Waals surface area contributed by atoms with Crippen molar-refractivity contribution in [3.8, 4) is 0 Å². The van der Waals surface area contributed by atoms with Gasteiger partial charge in [-0.05, 0) is 49.0 Å². The van der Waals surface area contributed by atoms with E-state index in [9.17, 15) is 0 Å². The number of para-hydroxylation sites is 1. The predicted molar refractivity (Wildman–Crippen MR) is 122 cm³/mol. The van der Waals surface area contributed by atoms with Crippen molar-refractivity contribution in [1.82, 2.24) is 14.3 Å². The number of quaternary nitrogens is 1. The molecule has 0 bridgehead atoms. The Balaban J connectivity index is 1.47. The van der Waals surface area contributed by atoms with Crippen LogP contribution in [0.1, 0.15) is 35.5 Å². The fourth-order valence-electron chi connectivity index (χ4n) is 4.10. The summed E-state index contributed by atoms with van der Waals surface area (Å²) < 4.78 is 4.82. The summed E-state index contributed by atoms with van der Waals surface area (Å²) >= 11 is 7.43. The molecular weight excluding hydrogens is 398 g/mol. The van der Waals surface area contributed by atoms with Crippen LogP contribution in [-0.4, -0.2) is 34.5 Å². The van der Waals surface area contributed by atoms with Crippen LogP contribution in [0, 0.1) is 4.77 Å². The van der Waals surface area contributed by atoms with E-state index in [-0.39, 0.29) is 0 Å². The number of hydrogen-bond acceptors (Lipinski definition) is 4. The maximum atomic E-state index is 5.67. The van der Waals surface area contributed by atoms with Gasteiger partial charge in [-0.2, -0.15) is 9.78 Å². The van der Waals surface area contributed by atoms with Crippen molar-refractivity contribution in [2.24, 2.45) is 7.05 Å². The zero-order chi connectivity index (χ0) is 20.2. The van der Waals surface area contributed by atoms with Crippen LogP contribution in [0.4, 0.5) is 5.69 Å². The van der Waals surface area contributed by atoms with Crippen LogP contribution in [0.3, 0.4) is 0 Å². The summed E-state index contributed by atoms with van der Waals surface area (Å²) in [5, 5.41) is 6.94. The monoisotopic (exact) mass is 428 g/mol. The number of hydrogen-bond donors (Lipinski definition) is 1. The molecule has 0 spiro atoms. The number of aromatic nitrogens is 3. The van der Waals surface area contributed by atoms with Crippen LogP contribution in [-0.2, 0) is 26.7 Å². The zero-order valence-corrected chi connectivity index (χ0v) is 18.9.